The first-order chi connectivity index (χ1) is 13.0. The number of esters is 1. The van der Waals surface area contributed by atoms with Gasteiger partial charge in [-0.25, -0.2) is 9.59 Å². The maximum absolute atomic E-state index is 12.5. The Kier molecular flexibility index (Phi) is 8.98. The van der Waals surface area contributed by atoms with Crippen molar-refractivity contribution in [1.82, 2.24) is 4.90 Å². The van der Waals surface area contributed by atoms with E-state index in [2.05, 4.69) is 0 Å². The number of methoxy groups -OCH3 is 1. The predicted molar refractivity (Wildman–Crippen MR) is 111 cm³/mol. The van der Waals surface area contributed by atoms with Crippen LogP contribution < -0.4 is 5.73 Å². The Morgan fingerprint density at radius 1 is 1.48 bits per heavy atom. The molecule has 1 aliphatic rings. The molecule has 2 rings (SSSR count). The largest absolute Gasteiger partial charge is 0.478 e. The Morgan fingerprint density at radius 2 is 2.22 bits per heavy atom. The Labute approximate surface area is 171 Å². The number of carbonyl (C=O) groups is 2. The van der Waals surface area contributed by atoms with Gasteiger partial charge in [0.05, 0.1) is 7.11 Å². The molecule has 0 aliphatic carbocycles. The molecular weight excluding hydrogens is 408 g/mol. The molecule has 148 valence electrons. The molecule has 1 fully saturated rings. The highest BCUT2D eigenvalue weighted by Crippen LogP contribution is 2.39. The van der Waals surface area contributed by atoms with Crippen molar-refractivity contribution < 1.29 is 19.4 Å². The van der Waals surface area contributed by atoms with Gasteiger partial charge in [0.15, 0.2) is 0 Å². The number of nitrogens with zero attached hydrogens (tertiary/aromatic N) is 1. The molecule has 3 N–H and O–H groups in total. The number of ether oxygens (including phenoxy) is 1. The van der Waals surface area contributed by atoms with Crippen LogP contribution in [0.1, 0.15) is 18.0 Å². The minimum Gasteiger partial charge on any atom is -0.478 e. The normalized spacial score (nSPS) is 20.4. The van der Waals surface area contributed by atoms with E-state index in [1.165, 1.54) is 13.2 Å². The average molecular weight is 431 g/mol. The molecule has 1 aromatic rings. The summed E-state index contributed by atoms with van der Waals surface area (Å²) < 4.78 is 5.00. The lowest BCUT2D eigenvalue weighted by molar-refractivity contribution is -0.147. The second-order valence-corrected chi connectivity index (χ2v) is 9.06. The zero-order valence-corrected chi connectivity index (χ0v) is 17.4. The Balaban J connectivity index is 2.27. The lowest BCUT2D eigenvalue weighted by Gasteiger charge is -2.37. The third-order valence-electron chi connectivity index (χ3n) is 4.16. The average Bonchev–Trinajstić information content (AvgIpc) is 2.64. The molecule has 1 aromatic carbocycles. The summed E-state index contributed by atoms with van der Waals surface area (Å²) in [7, 11) is 4.61. The second-order valence-electron chi connectivity index (χ2n) is 5.96. The highest BCUT2D eigenvalue weighted by Gasteiger charge is 2.35. The lowest BCUT2D eigenvalue weighted by Crippen LogP contribution is -2.42. The van der Waals surface area contributed by atoms with Crippen LogP contribution in [0.25, 0.3) is 0 Å². The number of hydrogen-bond donors (Lipinski definition) is 2. The van der Waals surface area contributed by atoms with Gasteiger partial charge in [-0.3, -0.25) is 4.90 Å². The number of piperidine rings is 1. The highest BCUT2D eigenvalue weighted by molar-refractivity contribution is 8.77. The van der Waals surface area contributed by atoms with Crippen molar-refractivity contribution >= 4 is 45.1 Å². The minimum absolute atomic E-state index is 0.0680. The Morgan fingerprint density at radius 3 is 2.85 bits per heavy atom. The van der Waals surface area contributed by atoms with E-state index in [9.17, 15) is 14.7 Å². The molecule has 0 radical (unpaired) electrons. The fourth-order valence-corrected chi connectivity index (χ4v) is 5.76. The van der Waals surface area contributed by atoms with E-state index in [4.69, 9.17) is 22.1 Å². The van der Waals surface area contributed by atoms with Gasteiger partial charge in [-0.2, -0.15) is 0 Å². The Bertz CT molecular complexity index is 702. The summed E-state index contributed by atoms with van der Waals surface area (Å²) in [5.74, 6) is -0.606. The smallest absolute Gasteiger partial charge is 0.328 e. The van der Waals surface area contributed by atoms with Gasteiger partial charge in [-0.05, 0) is 23.6 Å². The highest BCUT2D eigenvalue weighted by atomic mass is 35.5. The van der Waals surface area contributed by atoms with E-state index in [1.54, 1.807) is 39.8 Å². The number of hydrogen-bond acceptors (Lipinski definition) is 7. The van der Waals surface area contributed by atoms with Crippen LogP contribution in [0.5, 0.6) is 0 Å². The van der Waals surface area contributed by atoms with E-state index < -0.39 is 18.0 Å². The maximum atomic E-state index is 12.5. The third kappa shape index (κ3) is 6.15. The summed E-state index contributed by atoms with van der Waals surface area (Å²) in [5, 5.41) is 9.80. The fraction of sp³-hybridized carbons (Fsp3) is 0.444. The lowest BCUT2D eigenvalue weighted by atomic mass is 9.98. The zero-order chi connectivity index (χ0) is 19.8. The number of nitrogens with two attached hydrogens (primary N) is 1. The molecular formula is C18H23ClN2O4S2. The number of rotatable bonds is 8. The van der Waals surface area contributed by atoms with Crippen LogP contribution in [0.2, 0.25) is 5.02 Å². The van der Waals surface area contributed by atoms with E-state index in [0.29, 0.717) is 30.2 Å². The van der Waals surface area contributed by atoms with Gasteiger partial charge in [-0.1, -0.05) is 51.4 Å². The molecule has 9 heteroatoms. The van der Waals surface area contributed by atoms with Crippen molar-refractivity contribution in [3.63, 3.8) is 0 Å². The van der Waals surface area contributed by atoms with Crippen molar-refractivity contribution in [2.75, 3.05) is 32.5 Å². The molecule has 27 heavy (non-hydrogen) atoms. The summed E-state index contributed by atoms with van der Waals surface area (Å²) in [5.41, 5.74) is 6.96. The summed E-state index contributed by atoms with van der Waals surface area (Å²) >= 11 is 6.31. The topological polar surface area (TPSA) is 92.9 Å². The molecule has 0 saturated carbocycles. The van der Waals surface area contributed by atoms with E-state index >= 15 is 0 Å². The first-order valence-electron chi connectivity index (χ1n) is 8.46. The van der Waals surface area contributed by atoms with Crippen LogP contribution >= 0.6 is 33.2 Å². The SMILES string of the molecule is COC(=O)C(c1ccccc1Cl)N1CCC(SSCCN)/C(=C\C(=O)O)C1. The molecule has 0 amide bonds. The van der Waals surface area contributed by atoms with Crippen molar-refractivity contribution in [2.24, 2.45) is 5.73 Å². The van der Waals surface area contributed by atoms with Crippen LogP contribution in [0.3, 0.4) is 0 Å². The molecule has 0 aromatic heterocycles. The molecule has 2 atom stereocenters. The summed E-state index contributed by atoms with van der Waals surface area (Å²) in [6, 6.07) is 6.46. The first kappa shape index (κ1) is 22.1. The fourth-order valence-electron chi connectivity index (χ4n) is 2.97. The monoisotopic (exact) mass is 430 g/mol. The summed E-state index contributed by atoms with van der Waals surface area (Å²) in [4.78, 5) is 25.7. The molecule has 1 saturated heterocycles. The molecule has 1 aliphatic heterocycles. The van der Waals surface area contributed by atoms with Gasteiger partial charge in [-0.15, -0.1) is 0 Å². The summed E-state index contributed by atoms with van der Waals surface area (Å²) in [6.45, 7) is 1.56. The standard InChI is InChI=1S/C18H23ClN2O4S2/c1-25-18(24)17(13-4-2-3-5-14(13)19)21-8-6-15(27-26-9-7-20)12(11-21)10-16(22)23/h2-5,10,15,17H,6-9,11,20H2,1H3,(H,22,23)/b12-10-. The van der Waals surface area contributed by atoms with Crippen LogP contribution in [-0.2, 0) is 14.3 Å². The van der Waals surface area contributed by atoms with Crippen molar-refractivity contribution in [1.29, 1.82) is 0 Å². The third-order valence-corrected chi connectivity index (χ3v) is 7.42. The predicted octanol–water partition coefficient (Wildman–Crippen LogP) is 2.98. The molecule has 0 bridgehead atoms. The number of carbonyl (C=O) groups excluding carboxylic acids is 1. The Hall–Kier alpha value is -1.19. The second kappa shape index (κ2) is 11.0. The molecule has 6 nitrogen and oxygen atoms in total. The number of aliphatic carboxylic acids is 1. The van der Waals surface area contributed by atoms with Gasteiger partial charge < -0.3 is 15.6 Å². The van der Waals surface area contributed by atoms with Crippen molar-refractivity contribution in [3.8, 4) is 0 Å². The van der Waals surface area contributed by atoms with Crippen LogP contribution in [0, 0.1) is 0 Å². The van der Waals surface area contributed by atoms with Crippen LogP contribution in [0.15, 0.2) is 35.9 Å². The maximum Gasteiger partial charge on any atom is 0.328 e. The quantitative estimate of drug-likeness (QED) is 0.281. The van der Waals surface area contributed by atoms with Gasteiger partial charge in [0.2, 0.25) is 0 Å². The van der Waals surface area contributed by atoms with Crippen molar-refractivity contribution in [3.05, 3.63) is 46.5 Å². The van der Waals surface area contributed by atoms with Gasteiger partial charge in [0, 0.05) is 41.7 Å². The number of carboxylic acid groups (broad SMARTS) is 1. The van der Waals surface area contributed by atoms with Gasteiger partial charge >= 0.3 is 11.9 Å². The van der Waals surface area contributed by atoms with E-state index in [0.717, 1.165) is 17.7 Å². The first-order valence-corrected chi connectivity index (χ1v) is 11.2. The van der Waals surface area contributed by atoms with Gasteiger partial charge in [0.1, 0.15) is 6.04 Å². The molecule has 2 unspecified atom stereocenters. The number of benzene rings is 1. The number of likely N-dealkylation sites (tertiary alicyclic amines) is 1. The minimum atomic E-state index is -0.992. The number of carboxylic acids is 1. The van der Waals surface area contributed by atoms with Gasteiger partial charge in [0.25, 0.3) is 0 Å². The van der Waals surface area contributed by atoms with Crippen LogP contribution in [-0.4, -0.2) is 59.7 Å². The molecule has 1 heterocycles. The number of halogens is 1. The van der Waals surface area contributed by atoms with E-state index in [1.807, 2.05) is 11.0 Å². The summed E-state index contributed by atoms with van der Waals surface area (Å²) in [6.07, 6.45) is 1.97. The van der Waals surface area contributed by atoms with Crippen LogP contribution in [0.4, 0.5) is 0 Å². The molecule has 0 spiro atoms. The zero-order valence-electron chi connectivity index (χ0n) is 15.0. The van der Waals surface area contributed by atoms with E-state index in [-0.39, 0.29) is 5.25 Å². The van der Waals surface area contributed by atoms with Crippen molar-refractivity contribution in [2.45, 2.75) is 17.7 Å².